The lowest BCUT2D eigenvalue weighted by molar-refractivity contribution is 0.0735. The van der Waals surface area contributed by atoms with Crippen molar-refractivity contribution in [2.45, 2.75) is 19.8 Å². The van der Waals surface area contributed by atoms with Crippen LogP contribution in [0.1, 0.15) is 29.3 Å². The van der Waals surface area contributed by atoms with Crippen molar-refractivity contribution in [3.63, 3.8) is 0 Å². The summed E-state index contributed by atoms with van der Waals surface area (Å²) < 4.78 is 0. The number of hydrogen-bond donors (Lipinski definition) is 1. The number of piperazine rings is 1. The number of nitrogens with one attached hydrogen (secondary N) is 1. The molecule has 3 heteroatoms. The maximum Gasteiger partial charge on any atom is 0.253 e. The van der Waals surface area contributed by atoms with E-state index in [1.54, 1.807) is 0 Å². The number of rotatable bonds is 3. The fourth-order valence-electron chi connectivity index (χ4n) is 2.20. The van der Waals surface area contributed by atoms with Crippen molar-refractivity contribution in [1.82, 2.24) is 10.2 Å². The van der Waals surface area contributed by atoms with Crippen molar-refractivity contribution in [1.29, 1.82) is 0 Å². The lowest BCUT2D eigenvalue weighted by atomic mass is 10.1. The summed E-state index contributed by atoms with van der Waals surface area (Å²) in [6.45, 7) is 5.60. The first-order valence-corrected chi connectivity index (χ1v) is 6.40. The third-order valence-corrected chi connectivity index (χ3v) is 3.12. The van der Waals surface area contributed by atoms with Gasteiger partial charge in [0, 0.05) is 31.7 Å². The molecular formula is C14H20N2O. The lowest BCUT2D eigenvalue weighted by Crippen LogP contribution is -2.46. The van der Waals surface area contributed by atoms with Gasteiger partial charge >= 0.3 is 0 Å². The molecule has 0 radical (unpaired) electrons. The van der Waals surface area contributed by atoms with Gasteiger partial charge in [-0.3, -0.25) is 4.79 Å². The lowest BCUT2D eigenvalue weighted by Gasteiger charge is -2.27. The van der Waals surface area contributed by atoms with Crippen LogP contribution in [0, 0.1) is 0 Å². The van der Waals surface area contributed by atoms with Crippen LogP contribution in [0.25, 0.3) is 0 Å². The Bertz CT molecular complexity index is 384. The monoisotopic (exact) mass is 232 g/mol. The first-order valence-electron chi connectivity index (χ1n) is 6.40. The van der Waals surface area contributed by atoms with E-state index in [0.29, 0.717) is 0 Å². The van der Waals surface area contributed by atoms with Crippen molar-refractivity contribution >= 4 is 5.91 Å². The van der Waals surface area contributed by atoms with Crippen LogP contribution >= 0.6 is 0 Å². The van der Waals surface area contributed by atoms with E-state index in [-0.39, 0.29) is 5.91 Å². The summed E-state index contributed by atoms with van der Waals surface area (Å²) in [5, 5.41) is 3.26. The minimum absolute atomic E-state index is 0.171. The summed E-state index contributed by atoms with van der Waals surface area (Å²) in [4.78, 5) is 14.2. The van der Waals surface area contributed by atoms with Crippen LogP contribution in [0.4, 0.5) is 0 Å². The van der Waals surface area contributed by atoms with Gasteiger partial charge in [-0.1, -0.05) is 25.5 Å². The number of benzene rings is 1. The molecule has 0 saturated carbocycles. The molecule has 1 aliphatic rings. The summed E-state index contributed by atoms with van der Waals surface area (Å²) in [6.07, 6.45) is 2.16. The van der Waals surface area contributed by atoms with Crippen LogP contribution in [0.3, 0.4) is 0 Å². The number of amides is 1. The van der Waals surface area contributed by atoms with Crippen LogP contribution in [-0.4, -0.2) is 37.0 Å². The minimum atomic E-state index is 0.171. The number of nitrogens with zero attached hydrogens (tertiary/aromatic N) is 1. The van der Waals surface area contributed by atoms with Crippen molar-refractivity contribution in [3.05, 3.63) is 35.4 Å². The van der Waals surface area contributed by atoms with E-state index in [0.717, 1.165) is 44.6 Å². The number of aryl methyl sites for hydroxylation is 1. The van der Waals surface area contributed by atoms with Crippen LogP contribution in [0.2, 0.25) is 0 Å². The quantitative estimate of drug-likeness (QED) is 0.860. The molecule has 1 aliphatic heterocycles. The maximum atomic E-state index is 12.3. The summed E-state index contributed by atoms with van der Waals surface area (Å²) >= 11 is 0. The Morgan fingerprint density at radius 3 is 2.82 bits per heavy atom. The molecule has 2 rings (SSSR count). The third kappa shape index (κ3) is 3.07. The molecule has 1 amide bonds. The molecule has 17 heavy (non-hydrogen) atoms. The zero-order chi connectivity index (χ0) is 12.1. The molecule has 1 saturated heterocycles. The van der Waals surface area contributed by atoms with Gasteiger partial charge in [-0.25, -0.2) is 0 Å². The highest BCUT2D eigenvalue weighted by Crippen LogP contribution is 2.10. The second-order valence-electron chi connectivity index (χ2n) is 4.49. The van der Waals surface area contributed by atoms with Gasteiger partial charge in [0.25, 0.3) is 5.91 Å². The molecule has 1 N–H and O–H groups in total. The topological polar surface area (TPSA) is 32.3 Å². The minimum Gasteiger partial charge on any atom is -0.336 e. The van der Waals surface area contributed by atoms with Crippen molar-refractivity contribution in [2.75, 3.05) is 26.2 Å². The molecule has 1 aromatic carbocycles. The average molecular weight is 232 g/mol. The summed E-state index contributed by atoms with van der Waals surface area (Å²) in [5.41, 5.74) is 2.09. The predicted molar refractivity (Wildman–Crippen MR) is 69.2 cm³/mol. The third-order valence-electron chi connectivity index (χ3n) is 3.12. The molecule has 1 fully saturated rings. The summed E-state index contributed by atoms with van der Waals surface area (Å²) in [7, 11) is 0. The highest BCUT2D eigenvalue weighted by atomic mass is 16.2. The van der Waals surface area contributed by atoms with E-state index >= 15 is 0 Å². The van der Waals surface area contributed by atoms with E-state index in [9.17, 15) is 4.79 Å². The molecule has 0 aliphatic carbocycles. The predicted octanol–water partition coefficient (Wildman–Crippen LogP) is 1.68. The second kappa shape index (κ2) is 5.82. The van der Waals surface area contributed by atoms with Gasteiger partial charge in [0.1, 0.15) is 0 Å². The van der Waals surface area contributed by atoms with E-state index in [1.807, 2.05) is 23.1 Å². The first kappa shape index (κ1) is 12.1. The Morgan fingerprint density at radius 2 is 2.12 bits per heavy atom. The maximum absolute atomic E-state index is 12.3. The molecule has 0 atom stereocenters. The van der Waals surface area contributed by atoms with E-state index in [2.05, 4.69) is 18.3 Å². The molecule has 92 valence electrons. The zero-order valence-electron chi connectivity index (χ0n) is 10.4. The number of carbonyl (C=O) groups is 1. The SMILES string of the molecule is CCCc1cccc(C(=O)N2CCNCC2)c1. The summed E-state index contributed by atoms with van der Waals surface area (Å²) in [6, 6.07) is 8.04. The van der Waals surface area contributed by atoms with Crippen LogP contribution in [-0.2, 0) is 6.42 Å². The molecule has 0 bridgehead atoms. The zero-order valence-corrected chi connectivity index (χ0v) is 10.4. The van der Waals surface area contributed by atoms with Gasteiger partial charge in [0.05, 0.1) is 0 Å². The molecule has 1 heterocycles. The summed E-state index contributed by atoms with van der Waals surface area (Å²) in [5.74, 6) is 0.171. The van der Waals surface area contributed by atoms with Gasteiger partial charge in [0.15, 0.2) is 0 Å². The molecule has 0 spiro atoms. The van der Waals surface area contributed by atoms with Crippen LogP contribution in [0.5, 0.6) is 0 Å². The highest BCUT2D eigenvalue weighted by molar-refractivity contribution is 5.94. The Morgan fingerprint density at radius 1 is 1.35 bits per heavy atom. The van der Waals surface area contributed by atoms with Gasteiger partial charge in [-0.2, -0.15) is 0 Å². The number of hydrogen-bond acceptors (Lipinski definition) is 2. The Kier molecular flexibility index (Phi) is 4.15. The standard InChI is InChI=1S/C14H20N2O/c1-2-4-12-5-3-6-13(11-12)14(17)16-9-7-15-8-10-16/h3,5-6,11,15H,2,4,7-10H2,1H3. The molecule has 0 unspecified atom stereocenters. The molecule has 3 nitrogen and oxygen atoms in total. The fourth-order valence-corrected chi connectivity index (χ4v) is 2.20. The largest absolute Gasteiger partial charge is 0.336 e. The fraction of sp³-hybridized carbons (Fsp3) is 0.500. The average Bonchev–Trinajstić information content (AvgIpc) is 2.40. The van der Waals surface area contributed by atoms with Crippen molar-refractivity contribution in [2.24, 2.45) is 0 Å². The van der Waals surface area contributed by atoms with Gasteiger partial charge in [-0.05, 0) is 24.1 Å². The van der Waals surface area contributed by atoms with Crippen LogP contribution in [0.15, 0.2) is 24.3 Å². The van der Waals surface area contributed by atoms with Gasteiger partial charge < -0.3 is 10.2 Å². The Hall–Kier alpha value is -1.35. The molecule has 1 aromatic rings. The molecule has 0 aromatic heterocycles. The van der Waals surface area contributed by atoms with Crippen molar-refractivity contribution in [3.8, 4) is 0 Å². The van der Waals surface area contributed by atoms with Crippen molar-refractivity contribution < 1.29 is 4.79 Å². The smallest absolute Gasteiger partial charge is 0.253 e. The second-order valence-corrected chi connectivity index (χ2v) is 4.49. The van der Waals surface area contributed by atoms with Gasteiger partial charge in [0.2, 0.25) is 0 Å². The van der Waals surface area contributed by atoms with Crippen LogP contribution < -0.4 is 5.32 Å². The Balaban J connectivity index is 2.09. The number of carbonyl (C=O) groups excluding carboxylic acids is 1. The first-order chi connectivity index (χ1) is 8.31. The molecular weight excluding hydrogens is 212 g/mol. The van der Waals surface area contributed by atoms with E-state index in [1.165, 1.54) is 5.56 Å². The normalized spacial score (nSPS) is 15.9. The highest BCUT2D eigenvalue weighted by Gasteiger charge is 2.17. The van der Waals surface area contributed by atoms with Gasteiger partial charge in [-0.15, -0.1) is 0 Å². The Labute approximate surface area is 103 Å². The van der Waals surface area contributed by atoms with E-state index in [4.69, 9.17) is 0 Å². The van der Waals surface area contributed by atoms with E-state index < -0.39 is 0 Å².